The second-order valence-electron chi connectivity index (χ2n) is 11.7. The molecule has 1 aromatic carbocycles. The number of nitrogens with zero attached hydrogens (tertiary/aromatic N) is 2. The number of carbonyl (C=O) groups is 4. The predicted molar refractivity (Wildman–Crippen MR) is 145 cm³/mol. The molecule has 0 aliphatic heterocycles. The number of benzene rings is 1. The van der Waals surface area contributed by atoms with Crippen LogP contribution in [-0.4, -0.2) is 83.9 Å². The van der Waals surface area contributed by atoms with Crippen LogP contribution < -0.4 is 10.6 Å². The van der Waals surface area contributed by atoms with Gasteiger partial charge in [0.1, 0.15) is 12.6 Å². The highest BCUT2D eigenvalue weighted by Crippen LogP contribution is 2.29. The quantitative estimate of drug-likeness (QED) is 0.391. The summed E-state index contributed by atoms with van der Waals surface area (Å²) in [6.07, 6.45) is 0. The summed E-state index contributed by atoms with van der Waals surface area (Å²) < 4.78 is 0. The number of carboxylic acids is 1. The highest BCUT2D eigenvalue weighted by molar-refractivity contribution is 5.91. The molecule has 0 fully saturated rings. The van der Waals surface area contributed by atoms with Crippen molar-refractivity contribution in [1.29, 1.82) is 0 Å². The number of carboxylic acid groups (broad SMARTS) is 1. The number of carbonyl (C=O) groups excluding carboxylic acids is 3. The Kier molecular flexibility index (Phi) is 11.3. The molecule has 3 N–H and O–H groups in total. The molecule has 9 nitrogen and oxygen atoms in total. The molecule has 37 heavy (non-hydrogen) atoms. The van der Waals surface area contributed by atoms with Crippen molar-refractivity contribution in [2.45, 2.75) is 78.9 Å². The van der Waals surface area contributed by atoms with Crippen LogP contribution in [0.25, 0.3) is 0 Å². The third-order valence-electron chi connectivity index (χ3n) is 6.98. The first-order valence-corrected chi connectivity index (χ1v) is 12.7. The van der Waals surface area contributed by atoms with Crippen LogP contribution in [-0.2, 0) is 24.6 Å². The van der Waals surface area contributed by atoms with Crippen molar-refractivity contribution in [2.24, 2.45) is 11.3 Å². The van der Waals surface area contributed by atoms with E-state index in [9.17, 15) is 24.3 Å². The summed E-state index contributed by atoms with van der Waals surface area (Å²) in [5, 5.41) is 15.3. The molecule has 9 heteroatoms. The Hall–Kier alpha value is -2.94. The Balaban J connectivity index is 3.27. The molecule has 0 aromatic heterocycles. The summed E-state index contributed by atoms with van der Waals surface area (Å²) in [6.45, 7) is 14.4. The van der Waals surface area contributed by atoms with Gasteiger partial charge in [0.2, 0.25) is 17.7 Å². The summed E-state index contributed by atoms with van der Waals surface area (Å²) in [5.74, 6) is -2.16. The number of aliphatic carboxylic acids is 1. The Bertz CT molecular complexity index is 940. The fourth-order valence-corrected chi connectivity index (χ4v) is 4.57. The lowest BCUT2D eigenvalue weighted by Gasteiger charge is -2.41. The number of amides is 3. The van der Waals surface area contributed by atoms with E-state index >= 15 is 0 Å². The minimum Gasteiger partial charge on any atom is -0.480 e. The number of rotatable bonds is 12. The van der Waals surface area contributed by atoms with Crippen molar-refractivity contribution < 1.29 is 24.3 Å². The molecule has 0 saturated carbocycles. The van der Waals surface area contributed by atoms with E-state index in [1.165, 1.54) is 16.7 Å². The minimum absolute atomic E-state index is 0.0667. The van der Waals surface area contributed by atoms with E-state index in [2.05, 4.69) is 10.6 Å². The second kappa shape index (κ2) is 13.0. The van der Waals surface area contributed by atoms with Gasteiger partial charge in [0.05, 0.1) is 12.1 Å². The largest absolute Gasteiger partial charge is 0.480 e. The molecule has 0 saturated heterocycles. The SMILES string of the molecule is CN[C@H](C(=O)NC(C(=O)N(C)[C@H](CN(CC(=O)O)C(C)=O)C(C)C)C(C)(C)C)C(C)(C)c1ccccc1. The van der Waals surface area contributed by atoms with Crippen molar-refractivity contribution in [1.82, 2.24) is 20.4 Å². The maximum Gasteiger partial charge on any atom is 0.323 e. The first kappa shape index (κ1) is 32.1. The number of hydrogen-bond donors (Lipinski definition) is 3. The van der Waals surface area contributed by atoms with Crippen LogP contribution in [0.5, 0.6) is 0 Å². The molecule has 3 atom stereocenters. The van der Waals surface area contributed by atoms with Crippen LogP contribution in [0.2, 0.25) is 0 Å². The normalized spacial score (nSPS) is 14.5. The third-order valence-corrected chi connectivity index (χ3v) is 6.98. The predicted octanol–water partition coefficient (Wildman–Crippen LogP) is 2.50. The molecule has 0 bridgehead atoms. The van der Waals surface area contributed by atoms with Crippen LogP contribution >= 0.6 is 0 Å². The maximum atomic E-state index is 13.8. The van der Waals surface area contributed by atoms with E-state index in [4.69, 9.17) is 0 Å². The molecule has 0 heterocycles. The van der Waals surface area contributed by atoms with Crippen molar-refractivity contribution >= 4 is 23.7 Å². The Morgan fingerprint density at radius 1 is 0.973 bits per heavy atom. The molecule has 1 unspecified atom stereocenters. The van der Waals surface area contributed by atoms with Crippen molar-refractivity contribution in [2.75, 3.05) is 27.2 Å². The van der Waals surface area contributed by atoms with Crippen molar-refractivity contribution in [3.63, 3.8) is 0 Å². The molecule has 0 aliphatic rings. The first-order chi connectivity index (χ1) is 16.9. The Labute approximate surface area is 222 Å². The van der Waals surface area contributed by atoms with Crippen LogP contribution in [0.15, 0.2) is 30.3 Å². The molecule has 208 valence electrons. The Morgan fingerprint density at radius 3 is 1.92 bits per heavy atom. The van der Waals surface area contributed by atoms with E-state index in [0.29, 0.717) is 0 Å². The van der Waals surface area contributed by atoms with Gasteiger partial charge in [0.25, 0.3) is 0 Å². The highest BCUT2D eigenvalue weighted by Gasteiger charge is 2.42. The summed E-state index contributed by atoms with van der Waals surface area (Å²) in [5.41, 5.74) is -0.182. The summed E-state index contributed by atoms with van der Waals surface area (Å²) in [4.78, 5) is 53.6. The second-order valence-corrected chi connectivity index (χ2v) is 11.7. The number of hydrogen-bond acceptors (Lipinski definition) is 5. The maximum absolute atomic E-state index is 13.8. The average molecular weight is 519 g/mol. The van der Waals surface area contributed by atoms with Gasteiger partial charge in [-0.2, -0.15) is 0 Å². The van der Waals surface area contributed by atoms with Crippen LogP contribution in [0.4, 0.5) is 0 Å². The van der Waals surface area contributed by atoms with Crippen LogP contribution in [0.3, 0.4) is 0 Å². The van der Waals surface area contributed by atoms with Crippen molar-refractivity contribution in [3.05, 3.63) is 35.9 Å². The highest BCUT2D eigenvalue weighted by atomic mass is 16.4. The molecule has 1 aromatic rings. The van der Waals surface area contributed by atoms with Gasteiger partial charge in [-0.05, 0) is 23.9 Å². The van der Waals surface area contributed by atoms with E-state index in [0.717, 1.165) is 5.56 Å². The molecular formula is C28H46N4O5. The van der Waals surface area contributed by atoms with Gasteiger partial charge in [0, 0.05) is 25.9 Å². The zero-order chi connectivity index (χ0) is 28.7. The van der Waals surface area contributed by atoms with Gasteiger partial charge in [0.15, 0.2) is 0 Å². The minimum atomic E-state index is -1.12. The zero-order valence-electron chi connectivity index (χ0n) is 24.1. The average Bonchev–Trinajstić information content (AvgIpc) is 2.78. The van der Waals surface area contributed by atoms with Gasteiger partial charge < -0.3 is 25.5 Å². The van der Waals surface area contributed by atoms with Gasteiger partial charge in [-0.3, -0.25) is 19.2 Å². The van der Waals surface area contributed by atoms with Gasteiger partial charge in [-0.15, -0.1) is 0 Å². The Morgan fingerprint density at radius 2 is 1.51 bits per heavy atom. The molecular weight excluding hydrogens is 472 g/mol. The fraction of sp³-hybridized carbons (Fsp3) is 0.643. The topological polar surface area (TPSA) is 119 Å². The van der Waals surface area contributed by atoms with Crippen LogP contribution in [0.1, 0.15) is 61.0 Å². The lowest BCUT2D eigenvalue weighted by Crippen LogP contribution is -2.62. The summed E-state index contributed by atoms with van der Waals surface area (Å²) >= 11 is 0. The molecule has 0 aliphatic carbocycles. The summed E-state index contributed by atoms with van der Waals surface area (Å²) in [7, 11) is 3.36. The first-order valence-electron chi connectivity index (χ1n) is 12.7. The molecule has 1 rings (SSSR count). The lowest BCUT2D eigenvalue weighted by molar-refractivity contribution is -0.146. The third kappa shape index (κ3) is 8.55. The van der Waals surface area contributed by atoms with E-state index in [1.807, 2.05) is 78.8 Å². The van der Waals surface area contributed by atoms with Crippen LogP contribution in [0, 0.1) is 11.3 Å². The molecule has 0 radical (unpaired) electrons. The smallest absolute Gasteiger partial charge is 0.323 e. The van der Waals surface area contributed by atoms with E-state index in [1.54, 1.807) is 14.1 Å². The van der Waals surface area contributed by atoms with Gasteiger partial charge >= 0.3 is 5.97 Å². The fourth-order valence-electron chi connectivity index (χ4n) is 4.57. The van der Waals surface area contributed by atoms with Crippen molar-refractivity contribution in [3.8, 4) is 0 Å². The number of likely N-dealkylation sites (N-methyl/N-ethyl adjacent to an activating group) is 2. The number of nitrogens with one attached hydrogen (secondary N) is 2. The van der Waals surface area contributed by atoms with Gasteiger partial charge in [-0.25, -0.2) is 0 Å². The lowest BCUT2D eigenvalue weighted by atomic mass is 9.76. The van der Waals surface area contributed by atoms with Gasteiger partial charge in [-0.1, -0.05) is 78.8 Å². The zero-order valence-corrected chi connectivity index (χ0v) is 24.1. The van der Waals surface area contributed by atoms with E-state index in [-0.39, 0.29) is 30.2 Å². The monoisotopic (exact) mass is 518 g/mol. The molecule has 3 amide bonds. The summed E-state index contributed by atoms with van der Waals surface area (Å²) in [6, 6.07) is 7.83. The standard InChI is InChI=1S/C28H46N4O5/c1-18(2)21(16-32(19(3)33)17-22(34)35)31(10)26(37)24(27(4,5)6)30-25(36)23(29-9)28(7,8)20-14-12-11-13-15-20/h11-15,18,21,23-24,29H,16-17H2,1-10H3,(H,30,36)(H,34,35)/t21-,23-,24?/m1/s1. The molecule has 0 spiro atoms. The van der Waals surface area contributed by atoms with E-state index < -0.39 is 41.5 Å².